The molecule has 1 saturated heterocycles. The molecule has 5 nitrogen and oxygen atoms in total. The van der Waals surface area contributed by atoms with Gasteiger partial charge in [-0.1, -0.05) is 12.1 Å². The number of hydrogen-bond donors (Lipinski definition) is 3. The molecule has 8 heteroatoms. The number of primary amides is 1. The summed E-state index contributed by atoms with van der Waals surface area (Å²) in [7, 11) is 0. The number of amides is 1. The van der Waals surface area contributed by atoms with Gasteiger partial charge in [0.2, 0.25) is 0 Å². The van der Waals surface area contributed by atoms with Crippen molar-refractivity contribution in [1.82, 2.24) is 4.90 Å². The minimum absolute atomic E-state index is 0.125. The van der Waals surface area contributed by atoms with Gasteiger partial charge < -0.3 is 16.2 Å². The molecule has 0 saturated carbocycles. The summed E-state index contributed by atoms with van der Waals surface area (Å²) in [4.78, 5) is 14.7. The molecule has 33 heavy (non-hydrogen) atoms. The molecule has 1 fully saturated rings. The van der Waals surface area contributed by atoms with Gasteiger partial charge in [0.25, 0.3) is 5.91 Å². The normalized spacial score (nSPS) is 14.6. The van der Waals surface area contributed by atoms with Crippen LogP contribution >= 0.6 is 11.3 Å². The van der Waals surface area contributed by atoms with Crippen molar-refractivity contribution >= 4 is 27.9 Å². The molecule has 1 aromatic heterocycles. The van der Waals surface area contributed by atoms with Crippen molar-refractivity contribution in [2.45, 2.75) is 38.8 Å². The maximum atomic E-state index is 14.8. The second-order valence-corrected chi connectivity index (χ2v) is 9.95. The Labute approximate surface area is 195 Å². The number of rotatable bonds is 7. The Morgan fingerprint density at radius 3 is 2.27 bits per heavy atom. The zero-order valence-corrected chi connectivity index (χ0v) is 19.4. The number of nitrogens with one attached hydrogen (secondary N) is 1. The van der Waals surface area contributed by atoms with Gasteiger partial charge in [0.15, 0.2) is 0 Å². The number of thiophene rings is 1. The molecule has 4 N–H and O–H groups in total. The predicted molar refractivity (Wildman–Crippen MR) is 128 cm³/mol. The van der Waals surface area contributed by atoms with Crippen LogP contribution < -0.4 is 11.1 Å². The first kappa shape index (κ1) is 23.4. The van der Waals surface area contributed by atoms with Crippen molar-refractivity contribution in [2.75, 3.05) is 18.4 Å². The molecule has 1 aliphatic rings. The molecule has 0 spiro atoms. The number of carbonyl (C=O) groups excluding carboxylic acids is 1. The number of carbonyl (C=O) groups is 1. The Morgan fingerprint density at radius 1 is 1.12 bits per heavy atom. The summed E-state index contributed by atoms with van der Waals surface area (Å²) in [6, 6.07) is 11.5. The summed E-state index contributed by atoms with van der Waals surface area (Å²) in [5, 5.41) is 13.6. The first-order chi connectivity index (χ1) is 15.6. The molecule has 0 aliphatic carbocycles. The molecule has 0 radical (unpaired) electrons. The molecule has 1 aliphatic heterocycles. The lowest BCUT2D eigenvalue weighted by Crippen LogP contribution is -2.18. The monoisotopic (exact) mass is 471 g/mol. The van der Waals surface area contributed by atoms with E-state index in [1.807, 2.05) is 24.3 Å². The molecule has 174 valence electrons. The molecule has 0 atom stereocenters. The third kappa shape index (κ3) is 5.24. The molecule has 2 heterocycles. The van der Waals surface area contributed by atoms with E-state index in [0.717, 1.165) is 48.8 Å². The van der Waals surface area contributed by atoms with Crippen LogP contribution in [0.25, 0.3) is 10.4 Å². The lowest BCUT2D eigenvalue weighted by atomic mass is 9.96. The van der Waals surface area contributed by atoms with Gasteiger partial charge in [0.1, 0.15) is 16.6 Å². The van der Waals surface area contributed by atoms with Crippen LogP contribution in [0.5, 0.6) is 0 Å². The Balaban J connectivity index is 1.61. The molecular weight excluding hydrogens is 444 g/mol. The summed E-state index contributed by atoms with van der Waals surface area (Å²) in [6.07, 6.45) is 2.47. The zero-order valence-electron chi connectivity index (χ0n) is 18.6. The molecule has 1 amide bonds. The molecule has 0 unspecified atom stereocenters. The van der Waals surface area contributed by atoms with E-state index in [4.69, 9.17) is 5.73 Å². The van der Waals surface area contributed by atoms with Gasteiger partial charge in [0, 0.05) is 17.1 Å². The molecule has 4 rings (SSSR count). The maximum Gasteiger partial charge on any atom is 0.251 e. The largest absolute Gasteiger partial charge is 0.386 e. The van der Waals surface area contributed by atoms with Crippen molar-refractivity contribution in [3.8, 4) is 10.4 Å². The highest BCUT2D eigenvalue weighted by Crippen LogP contribution is 2.40. The Hall–Kier alpha value is -2.81. The standard InChI is InChI=1S/C25H27F2N3O2S/c1-25(2,32)16-11-19(26)22(20(27)12-16)21-13-18(23(28)31)24(33-21)29-17-7-5-15(6-8-17)14-30-9-3-4-10-30/h5-8,11-13,29,32H,3-4,9-10,14H2,1-2H3,(H2,28,31). The zero-order chi connectivity index (χ0) is 23.8. The van der Waals surface area contributed by atoms with Gasteiger partial charge in [-0.2, -0.15) is 0 Å². The van der Waals surface area contributed by atoms with Crippen molar-refractivity contribution in [2.24, 2.45) is 5.73 Å². The van der Waals surface area contributed by atoms with E-state index in [2.05, 4.69) is 10.2 Å². The van der Waals surface area contributed by atoms with E-state index < -0.39 is 23.1 Å². The fourth-order valence-corrected chi connectivity index (χ4v) is 5.11. The number of anilines is 2. The fourth-order valence-electron chi connectivity index (χ4n) is 3.98. The summed E-state index contributed by atoms with van der Waals surface area (Å²) in [5.41, 5.74) is 6.11. The first-order valence-corrected chi connectivity index (χ1v) is 11.7. The molecule has 2 aromatic carbocycles. The second kappa shape index (κ2) is 9.21. The van der Waals surface area contributed by atoms with E-state index in [0.29, 0.717) is 5.00 Å². The van der Waals surface area contributed by atoms with Crippen LogP contribution in [0.2, 0.25) is 0 Å². The third-order valence-corrected chi connectivity index (χ3v) is 6.88. The molecule has 3 aromatic rings. The smallest absolute Gasteiger partial charge is 0.251 e. The SMILES string of the molecule is CC(C)(O)c1cc(F)c(-c2cc(C(N)=O)c(Nc3ccc(CN4CCCC4)cc3)s2)c(F)c1. The summed E-state index contributed by atoms with van der Waals surface area (Å²) in [6.45, 7) is 6.04. The van der Waals surface area contributed by atoms with Crippen LogP contribution in [-0.4, -0.2) is 29.0 Å². The van der Waals surface area contributed by atoms with Crippen molar-refractivity contribution in [3.63, 3.8) is 0 Å². The average molecular weight is 472 g/mol. The van der Waals surface area contributed by atoms with Crippen LogP contribution in [0.15, 0.2) is 42.5 Å². The molecule has 0 bridgehead atoms. The van der Waals surface area contributed by atoms with Gasteiger partial charge in [-0.05, 0) is 81.2 Å². The summed E-state index contributed by atoms with van der Waals surface area (Å²) in [5.74, 6) is -2.33. The van der Waals surface area contributed by atoms with Crippen LogP contribution in [-0.2, 0) is 12.1 Å². The van der Waals surface area contributed by atoms with Crippen LogP contribution in [0, 0.1) is 11.6 Å². The summed E-state index contributed by atoms with van der Waals surface area (Å²) < 4.78 is 29.6. The second-order valence-electron chi connectivity index (χ2n) is 8.90. The number of aliphatic hydroxyl groups is 1. The first-order valence-electron chi connectivity index (χ1n) is 10.9. The number of likely N-dealkylation sites (tertiary alicyclic amines) is 1. The van der Waals surface area contributed by atoms with E-state index >= 15 is 0 Å². The van der Waals surface area contributed by atoms with Crippen LogP contribution in [0.3, 0.4) is 0 Å². The predicted octanol–water partition coefficient (Wildman–Crippen LogP) is 5.36. The van der Waals surface area contributed by atoms with E-state index in [-0.39, 0.29) is 21.6 Å². The fraction of sp³-hybridized carbons (Fsp3) is 0.320. The Bertz CT molecular complexity index is 1140. The topological polar surface area (TPSA) is 78.6 Å². The van der Waals surface area contributed by atoms with E-state index in [9.17, 15) is 18.7 Å². The highest BCUT2D eigenvalue weighted by atomic mass is 32.1. The molecular formula is C25H27F2N3O2S. The van der Waals surface area contributed by atoms with Gasteiger partial charge in [0.05, 0.1) is 16.7 Å². The van der Waals surface area contributed by atoms with Gasteiger partial charge in [-0.15, -0.1) is 11.3 Å². The van der Waals surface area contributed by atoms with Crippen LogP contribution in [0.1, 0.15) is 48.2 Å². The minimum atomic E-state index is -1.39. The van der Waals surface area contributed by atoms with Gasteiger partial charge >= 0.3 is 0 Å². The van der Waals surface area contributed by atoms with Crippen molar-refractivity contribution < 1.29 is 18.7 Å². The number of benzene rings is 2. The number of nitrogens with two attached hydrogens (primary N) is 1. The number of nitrogens with zero attached hydrogens (tertiary/aromatic N) is 1. The number of hydrogen-bond acceptors (Lipinski definition) is 5. The van der Waals surface area contributed by atoms with Gasteiger partial charge in [-0.25, -0.2) is 8.78 Å². The number of halogens is 2. The van der Waals surface area contributed by atoms with E-state index in [1.54, 1.807) is 0 Å². The Kier molecular flexibility index (Phi) is 6.52. The quantitative estimate of drug-likeness (QED) is 0.434. The summed E-state index contributed by atoms with van der Waals surface area (Å²) >= 11 is 1.05. The Morgan fingerprint density at radius 2 is 1.73 bits per heavy atom. The van der Waals surface area contributed by atoms with Crippen molar-refractivity contribution in [1.29, 1.82) is 0 Å². The lowest BCUT2D eigenvalue weighted by Gasteiger charge is -2.18. The minimum Gasteiger partial charge on any atom is -0.386 e. The van der Waals surface area contributed by atoms with Crippen LogP contribution in [0.4, 0.5) is 19.5 Å². The highest BCUT2D eigenvalue weighted by Gasteiger charge is 2.24. The maximum absolute atomic E-state index is 14.8. The van der Waals surface area contributed by atoms with Gasteiger partial charge in [-0.3, -0.25) is 9.69 Å². The average Bonchev–Trinajstić information content (AvgIpc) is 3.38. The van der Waals surface area contributed by atoms with Crippen molar-refractivity contribution in [3.05, 3.63) is 70.8 Å². The highest BCUT2D eigenvalue weighted by molar-refractivity contribution is 7.20. The third-order valence-electron chi connectivity index (χ3n) is 5.81. The van der Waals surface area contributed by atoms with E-state index in [1.165, 1.54) is 38.3 Å². The lowest BCUT2D eigenvalue weighted by molar-refractivity contribution is 0.0778.